The van der Waals surface area contributed by atoms with E-state index in [1.54, 1.807) is 0 Å². The molecule has 1 atom stereocenters. The summed E-state index contributed by atoms with van der Waals surface area (Å²) in [6.07, 6.45) is 0.780. The standard InChI is InChI=1S/C9H16N4O2S/c1-5(2)3-6(10)8-12-13-9(15-8)16-4-7(11)14/h5-6H,3-4,10H2,1-2H3,(H2,11,14)/t6-/m1/s1. The largest absolute Gasteiger partial charge is 0.414 e. The first-order chi connectivity index (χ1) is 7.49. The Morgan fingerprint density at radius 1 is 1.50 bits per heavy atom. The Balaban J connectivity index is 2.53. The van der Waals surface area contributed by atoms with Gasteiger partial charge in [0, 0.05) is 0 Å². The summed E-state index contributed by atoms with van der Waals surface area (Å²) in [5.41, 5.74) is 10.9. The molecule has 16 heavy (non-hydrogen) atoms. The van der Waals surface area contributed by atoms with Gasteiger partial charge >= 0.3 is 0 Å². The molecule has 0 aliphatic rings. The van der Waals surface area contributed by atoms with Gasteiger partial charge in [-0.2, -0.15) is 0 Å². The summed E-state index contributed by atoms with van der Waals surface area (Å²) in [5.74, 6) is 0.571. The number of hydrogen-bond acceptors (Lipinski definition) is 6. The molecule has 1 aromatic heterocycles. The van der Waals surface area contributed by atoms with Crippen LogP contribution in [0, 0.1) is 5.92 Å². The summed E-state index contributed by atoms with van der Waals surface area (Å²) in [4.78, 5) is 10.5. The first-order valence-corrected chi connectivity index (χ1v) is 5.97. The Labute approximate surface area is 98.2 Å². The lowest BCUT2D eigenvalue weighted by Gasteiger charge is -2.08. The van der Waals surface area contributed by atoms with E-state index in [0.29, 0.717) is 17.0 Å². The first-order valence-electron chi connectivity index (χ1n) is 4.99. The van der Waals surface area contributed by atoms with Gasteiger partial charge in [-0.05, 0) is 12.3 Å². The molecule has 0 fully saturated rings. The number of nitrogens with zero attached hydrogens (tertiary/aromatic N) is 2. The lowest BCUT2D eigenvalue weighted by molar-refractivity contribution is -0.115. The third-order valence-electron chi connectivity index (χ3n) is 1.80. The molecule has 90 valence electrons. The SMILES string of the molecule is CC(C)C[C@@H](N)c1nnc(SCC(N)=O)o1. The van der Waals surface area contributed by atoms with Crippen LogP contribution in [0.3, 0.4) is 0 Å². The second kappa shape index (κ2) is 5.86. The molecule has 1 amide bonds. The number of amides is 1. The van der Waals surface area contributed by atoms with Crippen LogP contribution in [-0.2, 0) is 4.79 Å². The monoisotopic (exact) mass is 244 g/mol. The summed E-state index contributed by atoms with van der Waals surface area (Å²) < 4.78 is 5.30. The molecule has 0 spiro atoms. The van der Waals surface area contributed by atoms with Gasteiger partial charge in [-0.15, -0.1) is 10.2 Å². The van der Waals surface area contributed by atoms with E-state index in [2.05, 4.69) is 24.0 Å². The van der Waals surface area contributed by atoms with Crippen molar-refractivity contribution in [3.8, 4) is 0 Å². The second-order valence-electron chi connectivity index (χ2n) is 3.90. The Hall–Kier alpha value is -1.08. The maximum Gasteiger partial charge on any atom is 0.277 e. The number of carbonyl (C=O) groups is 1. The van der Waals surface area contributed by atoms with E-state index in [-0.39, 0.29) is 11.8 Å². The first kappa shape index (κ1) is 13.0. The van der Waals surface area contributed by atoms with Crippen molar-refractivity contribution in [2.24, 2.45) is 17.4 Å². The van der Waals surface area contributed by atoms with Crippen molar-refractivity contribution in [1.29, 1.82) is 0 Å². The van der Waals surface area contributed by atoms with Crippen LogP contribution in [0.25, 0.3) is 0 Å². The van der Waals surface area contributed by atoms with Crippen LogP contribution in [0.4, 0.5) is 0 Å². The topological polar surface area (TPSA) is 108 Å². The van der Waals surface area contributed by atoms with Crippen LogP contribution < -0.4 is 11.5 Å². The molecule has 1 aromatic rings. The van der Waals surface area contributed by atoms with Gasteiger partial charge in [0.15, 0.2) is 0 Å². The highest BCUT2D eigenvalue weighted by molar-refractivity contribution is 7.99. The molecule has 7 heteroatoms. The predicted molar refractivity (Wildman–Crippen MR) is 60.6 cm³/mol. The van der Waals surface area contributed by atoms with Crippen LogP contribution >= 0.6 is 11.8 Å². The van der Waals surface area contributed by atoms with Gasteiger partial charge in [0.2, 0.25) is 11.8 Å². The Morgan fingerprint density at radius 3 is 2.75 bits per heavy atom. The number of rotatable bonds is 6. The quantitative estimate of drug-likeness (QED) is 0.713. The van der Waals surface area contributed by atoms with E-state index in [9.17, 15) is 4.79 Å². The minimum Gasteiger partial charge on any atom is -0.414 e. The van der Waals surface area contributed by atoms with Gasteiger partial charge in [0.25, 0.3) is 5.22 Å². The van der Waals surface area contributed by atoms with Gasteiger partial charge in [0.1, 0.15) is 0 Å². The molecule has 0 aliphatic carbocycles. The van der Waals surface area contributed by atoms with Gasteiger partial charge in [0.05, 0.1) is 11.8 Å². The molecule has 0 unspecified atom stereocenters. The highest BCUT2D eigenvalue weighted by Gasteiger charge is 2.16. The molecular formula is C9H16N4O2S. The number of thioether (sulfide) groups is 1. The van der Waals surface area contributed by atoms with Crippen LogP contribution in [0.1, 0.15) is 32.2 Å². The number of aromatic nitrogens is 2. The zero-order valence-corrected chi connectivity index (χ0v) is 10.2. The molecule has 0 radical (unpaired) electrons. The maximum absolute atomic E-state index is 10.5. The third-order valence-corrected chi connectivity index (χ3v) is 2.64. The van der Waals surface area contributed by atoms with Gasteiger partial charge < -0.3 is 15.9 Å². The Morgan fingerprint density at radius 2 is 2.19 bits per heavy atom. The number of hydrogen-bond donors (Lipinski definition) is 2. The van der Waals surface area contributed by atoms with Crippen LogP contribution in [-0.4, -0.2) is 21.9 Å². The third kappa shape index (κ3) is 4.19. The minimum atomic E-state index is -0.420. The zero-order valence-electron chi connectivity index (χ0n) is 9.34. The molecule has 0 aliphatic heterocycles. The lowest BCUT2D eigenvalue weighted by Crippen LogP contribution is -2.13. The van der Waals surface area contributed by atoms with E-state index in [1.807, 2.05) is 0 Å². The molecule has 1 rings (SSSR count). The molecule has 0 aromatic carbocycles. The van der Waals surface area contributed by atoms with Gasteiger partial charge in [-0.1, -0.05) is 25.6 Å². The smallest absolute Gasteiger partial charge is 0.277 e. The Bertz CT molecular complexity index is 353. The van der Waals surface area contributed by atoms with E-state index < -0.39 is 5.91 Å². The molecule has 4 N–H and O–H groups in total. The van der Waals surface area contributed by atoms with Crippen molar-refractivity contribution < 1.29 is 9.21 Å². The number of primary amides is 1. The summed E-state index contributed by atoms with van der Waals surface area (Å²) >= 11 is 1.12. The van der Waals surface area contributed by atoms with E-state index in [0.717, 1.165) is 18.2 Å². The second-order valence-corrected chi connectivity index (χ2v) is 4.82. The van der Waals surface area contributed by atoms with E-state index >= 15 is 0 Å². The summed E-state index contributed by atoms with van der Waals surface area (Å²) in [6.45, 7) is 4.14. The average Bonchev–Trinajstić information content (AvgIpc) is 2.61. The highest BCUT2D eigenvalue weighted by atomic mass is 32.2. The fourth-order valence-corrected chi connectivity index (χ4v) is 1.68. The van der Waals surface area contributed by atoms with Crippen LogP contribution in [0.5, 0.6) is 0 Å². The lowest BCUT2D eigenvalue weighted by atomic mass is 10.1. The van der Waals surface area contributed by atoms with Crippen molar-refractivity contribution in [3.63, 3.8) is 0 Å². The summed E-state index contributed by atoms with van der Waals surface area (Å²) in [5, 5.41) is 7.93. The highest BCUT2D eigenvalue weighted by Crippen LogP contribution is 2.21. The molecule has 6 nitrogen and oxygen atoms in total. The normalized spacial score (nSPS) is 13.0. The molecular weight excluding hydrogens is 228 g/mol. The molecule has 0 saturated heterocycles. The van der Waals surface area contributed by atoms with E-state index in [4.69, 9.17) is 15.9 Å². The molecule has 1 heterocycles. The predicted octanol–water partition coefficient (Wildman–Crippen LogP) is 0.693. The van der Waals surface area contributed by atoms with Gasteiger partial charge in [-0.3, -0.25) is 4.79 Å². The Kier molecular flexibility index (Phi) is 4.75. The van der Waals surface area contributed by atoms with Crippen molar-refractivity contribution in [3.05, 3.63) is 5.89 Å². The van der Waals surface area contributed by atoms with Crippen molar-refractivity contribution in [2.45, 2.75) is 31.5 Å². The maximum atomic E-state index is 10.5. The van der Waals surface area contributed by atoms with Crippen molar-refractivity contribution in [2.75, 3.05) is 5.75 Å². The van der Waals surface area contributed by atoms with Crippen molar-refractivity contribution >= 4 is 17.7 Å². The van der Waals surface area contributed by atoms with E-state index in [1.165, 1.54) is 0 Å². The fourth-order valence-electron chi connectivity index (χ4n) is 1.17. The van der Waals surface area contributed by atoms with Crippen LogP contribution in [0.2, 0.25) is 0 Å². The number of nitrogens with two attached hydrogens (primary N) is 2. The summed E-state index contributed by atoms with van der Waals surface area (Å²) in [7, 11) is 0. The fraction of sp³-hybridized carbons (Fsp3) is 0.667. The minimum absolute atomic E-state index is 0.126. The average molecular weight is 244 g/mol. The molecule has 0 saturated carbocycles. The summed E-state index contributed by atoms with van der Waals surface area (Å²) in [6, 6.07) is -0.254. The van der Waals surface area contributed by atoms with Gasteiger partial charge in [-0.25, -0.2) is 0 Å². The number of carbonyl (C=O) groups excluding carboxylic acids is 1. The van der Waals surface area contributed by atoms with Crippen molar-refractivity contribution in [1.82, 2.24) is 10.2 Å². The molecule has 0 bridgehead atoms. The zero-order chi connectivity index (χ0) is 12.1. The van der Waals surface area contributed by atoms with Crippen LogP contribution in [0.15, 0.2) is 9.64 Å².